The maximum absolute atomic E-state index is 8.64. The van der Waals surface area contributed by atoms with Crippen molar-refractivity contribution < 1.29 is 10.1 Å². The summed E-state index contributed by atoms with van der Waals surface area (Å²) in [6.45, 7) is 5.91. The molecule has 0 bridgehead atoms. The zero-order valence-electron chi connectivity index (χ0n) is 7.75. The molecular weight excluding hydrogens is 152 g/mol. The number of hydrogen-bond donors (Lipinski definition) is 1. The highest BCUT2D eigenvalue weighted by Crippen LogP contribution is 2.30. The van der Waals surface area contributed by atoms with E-state index >= 15 is 0 Å². The lowest BCUT2D eigenvalue weighted by atomic mass is 9.83. The van der Waals surface area contributed by atoms with E-state index in [0.717, 1.165) is 19.3 Å². The number of rotatable bonds is 3. The van der Waals surface area contributed by atoms with Crippen molar-refractivity contribution in [1.82, 2.24) is 0 Å². The van der Waals surface area contributed by atoms with Crippen molar-refractivity contribution >= 4 is 0 Å². The summed E-state index contributed by atoms with van der Waals surface area (Å²) in [5, 5.41) is 8.64. The third-order valence-corrected chi connectivity index (χ3v) is 2.59. The van der Waals surface area contributed by atoms with E-state index < -0.39 is 0 Å². The van der Waals surface area contributed by atoms with Gasteiger partial charge in [0, 0.05) is 0 Å². The van der Waals surface area contributed by atoms with Crippen molar-refractivity contribution in [2.45, 2.75) is 45.1 Å². The van der Waals surface area contributed by atoms with Gasteiger partial charge in [-0.15, -0.1) is 6.58 Å². The zero-order valence-corrected chi connectivity index (χ0v) is 7.75. The fourth-order valence-electron chi connectivity index (χ4n) is 1.99. The van der Waals surface area contributed by atoms with E-state index in [0.29, 0.717) is 5.92 Å². The predicted octanol–water partition coefficient (Wildman–Crippen LogP) is 3.00. The van der Waals surface area contributed by atoms with Gasteiger partial charge in [-0.2, -0.15) is 0 Å². The van der Waals surface area contributed by atoms with Gasteiger partial charge in [-0.3, -0.25) is 5.26 Å². The molecule has 0 aromatic carbocycles. The minimum absolute atomic E-state index is 0.0513. The lowest BCUT2D eigenvalue weighted by Gasteiger charge is -2.28. The van der Waals surface area contributed by atoms with Crippen molar-refractivity contribution in [3.8, 4) is 0 Å². The summed E-state index contributed by atoms with van der Waals surface area (Å²) in [7, 11) is 0. The van der Waals surface area contributed by atoms with E-state index in [9.17, 15) is 0 Å². The summed E-state index contributed by atoms with van der Waals surface area (Å²) in [5.41, 5.74) is 1.18. The first kappa shape index (κ1) is 9.75. The van der Waals surface area contributed by atoms with Gasteiger partial charge in [-0.05, 0) is 32.1 Å². The van der Waals surface area contributed by atoms with Crippen LogP contribution in [0.15, 0.2) is 12.2 Å². The Morgan fingerprint density at radius 3 is 2.75 bits per heavy atom. The van der Waals surface area contributed by atoms with Gasteiger partial charge in [0.05, 0.1) is 6.10 Å². The Hall–Kier alpha value is -0.340. The average molecular weight is 170 g/mol. The monoisotopic (exact) mass is 170 g/mol. The van der Waals surface area contributed by atoms with Crippen LogP contribution in [0.25, 0.3) is 0 Å². The average Bonchev–Trinajstić information content (AvgIpc) is 2.04. The highest BCUT2D eigenvalue weighted by molar-refractivity contribution is 4.93. The fourth-order valence-corrected chi connectivity index (χ4v) is 1.99. The van der Waals surface area contributed by atoms with E-state index in [1.54, 1.807) is 0 Å². The van der Waals surface area contributed by atoms with Gasteiger partial charge in [0.25, 0.3) is 0 Å². The molecule has 1 N–H and O–H groups in total. The van der Waals surface area contributed by atoms with Crippen LogP contribution in [-0.4, -0.2) is 11.4 Å². The van der Waals surface area contributed by atoms with Crippen molar-refractivity contribution in [3.05, 3.63) is 12.2 Å². The Kier molecular flexibility index (Phi) is 3.76. The first-order valence-corrected chi connectivity index (χ1v) is 4.68. The van der Waals surface area contributed by atoms with E-state index in [4.69, 9.17) is 5.26 Å². The van der Waals surface area contributed by atoms with Crippen LogP contribution < -0.4 is 0 Å². The molecule has 1 rings (SSSR count). The summed E-state index contributed by atoms with van der Waals surface area (Å²) < 4.78 is 0. The Labute approximate surface area is 74.2 Å². The maximum atomic E-state index is 8.64. The Balaban J connectivity index is 2.41. The zero-order chi connectivity index (χ0) is 8.97. The molecule has 0 unspecified atom stereocenters. The molecule has 2 heteroatoms. The summed E-state index contributed by atoms with van der Waals surface area (Å²) in [5.74, 6) is 0.487. The topological polar surface area (TPSA) is 29.5 Å². The Bertz CT molecular complexity index is 154. The molecule has 0 radical (unpaired) electrons. The van der Waals surface area contributed by atoms with Crippen molar-refractivity contribution in [3.63, 3.8) is 0 Å². The van der Waals surface area contributed by atoms with E-state index in [1.165, 1.54) is 18.4 Å². The van der Waals surface area contributed by atoms with E-state index in [2.05, 4.69) is 11.5 Å². The van der Waals surface area contributed by atoms with Crippen LogP contribution in [0.4, 0.5) is 0 Å². The standard InChI is InChI=1S/C10H18O2/c1-8(2)7-9-5-3-4-6-10(9)12-11/h9-11H,1,3-7H2,2H3/t9-,10+/m1/s1. The van der Waals surface area contributed by atoms with Crippen molar-refractivity contribution in [1.29, 1.82) is 0 Å². The second-order valence-electron chi connectivity index (χ2n) is 3.85. The summed E-state index contributed by atoms with van der Waals surface area (Å²) in [6.07, 6.45) is 5.64. The van der Waals surface area contributed by atoms with Gasteiger partial charge in [-0.1, -0.05) is 18.4 Å². The minimum Gasteiger partial charge on any atom is -0.252 e. The molecule has 1 aliphatic carbocycles. The smallest absolute Gasteiger partial charge is 0.0958 e. The molecule has 2 nitrogen and oxygen atoms in total. The quantitative estimate of drug-likeness (QED) is 0.401. The van der Waals surface area contributed by atoms with Gasteiger partial charge in [0.15, 0.2) is 0 Å². The van der Waals surface area contributed by atoms with Gasteiger partial charge in [0.2, 0.25) is 0 Å². The maximum Gasteiger partial charge on any atom is 0.0958 e. The van der Waals surface area contributed by atoms with Crippen LogP contribution in [0.5, 0.6) is 0 Å². The molecule has 70 valence electrons. The van der Waals surface area contributed by atoms with E-state index in [-0.39, 0.29) is 6.10 Å². The molecular formula is C10H18O2. The van der Waals surface area contributed by atoms with Crippen LogP contribution in [-0.2, 0) is 4.89 Å². The second-order valence-corrected chi connectivity index (χ2v) is 3.85. The van der Waals surface area contributed by atoms with Crippen LogP contribution in [0.3, 0.4) is 0 Å². The molecule has 1 saturated carbocycles. The summed E-state index contributed by atoms with van der Waals surface area (Å²) in [4.78, 5) is 4.46. The van der Waals surface area contributed by atoms with Gasteiger partial charge in [0.1, 0.15) is 0 Å². The lowest BCUT2D eigenvalue weighted by molar-refractivity contribution is -0.295. The van der Waals surface area contributed by atoms with Gasteiger partial charge in [-0.25, -0.2) is 4.89 Å². The third-order valence-electron chi connectivity index (χ3n) is 2.59. The summed E-state index contributed by atoms with van der Waals surface area (Å²) in [6, 6.07) is 0. The molecule has 0 heterocycles. The molecule has 0 saturated heterocycles. The first-order valence-electron chi connectivity index (χ1n) is 4.68. The number of allylic oxidation sites excluding steroid dienone is 1. The number of hydrogen-bond acceptors (Lipinski definition) is 2. The van der Waals surface area contributed by atoms with Gasteiger partial charge >= 0.3 is 0 Å². The largest absolute Gasteiger partial charge is 0.252 e. The lowest BCUT2D eigenvalue weighted by Crippen LogP contribution is -2.26. The highest BCUT2D eigenvalue weighted by Gasteiger charge is 2.25. The van der Waals surface area contributed by atoms with Gasteiger partial charge < -0.3 is 0 Å². The molecule has 0 aromatic rings. The second kappa shape index (κ2) is 4.63. The molecule has 2 atom stereocenters. The fraction of sp³-hybridized carbons (Fsp3) is 0.800. The molecule has 1 fully saturated rings. The Morgan fingerprint density at radius 1 is 1.50 bits per heavy atom. The molecule has 0 spiro atoms. The van der Waals surface area contributed by atoms with Crippen molar-refractivity contribution in [2.75, 3.05) is 0 Å². The Morgan fingerprint density at radius 2 is 2.17 bits per heavy atom. The first-order chi connectivity index (χ1) is 5.74. The third kappa shape index (κ3) is 2.61. The van der Waals surface area contributed by atoms with Crippen LogP contribution >= 0.6 is 0 Å². The highest BCUT2D eigenvalue weighted by atomic mass is 17.1. The molecule has 0 amide bonds. The minimum atomic E-state index is 0.0513. The summed E-state index contributed by atoms with van der Waals surface area (Å²) >= 11 is 0. The van der Waals surface area contributed by atoms with Crippen LogP contribution in [0, 0.1) is 5.92 Å². The van der Waals surface area contributed by atoms with E-state index in [1.807, 2.05) is 6.92 Å². The predicted molar refractivity (Wildman–Crippen MR) is 48.9 cm³/mol. The normalized spacial score (nSPS) is 30.2. The van der Waals surface area contributed by atoms with Crippen LogP contribution in [0.1, 0.15) is 39.0 Å². The molecule has 0 aromatic heterocycles. The molecule has 1 aliphatic rings. The van der Waals surface area contributed by atoms with Crippen LogP contribution in [0.2, 0.25) is 0 Å². The SMILES string of the molecule is C=C(C)C[C@H]1CCCC[C@@H]1OO. The molecule has 12 heavy (non-hydrogen) atoms. The van der Waals surface area contributed by atoms with Crippen molar-refractivity contribution in [2.24, 2.45) is 5.92 Å². The molecule has 0 aliphatic heterocycles.